The zero-order valence-electron chi connectivity index (χ0n) is 12.9. The lowest BCUT2D eigenvalue weighted by Crippen LogP contribution is -2.17. The number of thioether (sulfide) groups is 1. The van der Waals surface area contributed by atoms with Gasteiger partial charge in [-0.15, -0.1) is 0 Å². The molecular formula is C17H16N4OS. The number of hydrogen-bond acceptors (Lipinski definition) is 4. The van der Waals surface area contributed by atoms with Crippen LogP contribution in [0.3, 0.4) is 0 Å². The van der Waals surface area contributed by atoms with Crippen LogP contribution in [0, 0.1) is 6.92 Å². The second-order valence-electron chi connectivity index (χ2n) is 4.97. The number of anilines is 1. The highest BCUT2D eigenvalue weighted by Gasteiger charge is 2.18. The standard InChI is InChI=1S/C17H16N4OS/c1-12-8-9-18-15(10-12)20-16(22)14-11-19-17(23-2)21(14)13-6-4-3-5-7-13/h3-11H,1-2H3,(H,18,20,22). The fraction of sp³-hybridized carbons (Fsp3) is 0.118. The highest BCUT2D eigenvalue weighted by atomic mass is 32.2. The Morgan fingerprint density at radius 3 is 2.65 bits per heavy atom. The molecule has 0 saturated heterocycles. The van der Waals surface area contributed by atoms with Gasteiger partial charge in [-0.05, 0) is 43.0 Å². The molecule has 5 nitrogen and oxygen atoms in total. The Morgan fingerprint density at radius 1 is 1.17 bits per heavy atom. The summed E-state index contributed by atoms with van der Waals surface area (Å²) in [5, 5.41) is 3.59. The molecule has 2 heterocycles. The van der Waals surface area contributed by atoms with Gasteiger partial charge < -0.3 is 5.32 Å². The number of aromatic nitrogens is 3. The van der Waals surface area contributed by atoms with Gasteiger partial charge in [0, 0.05) is 11.9 Å². The summed E-state index contributed by atoms with van der Waals surface area (Å²) in [4.78, 5) is 21.1. The van der Waals surface area contributed by atoms with E-state index in [9.17, 15) is 4.79 Å². The van der Waals surface area contributed by atoms with Crippen LogP contribution in [-0.2, 0) is 0 Å². The predicted molar refractivity (Wildman–Crippen MR) is 92.3 cm³/mol. The van der Waals surface area contributed by atoms with Crippen LogP contribution in [0.2, 0.25) is 0 Å². The molecule has 0 aliphatic rings. The zero-order valence-corrected chi connectivity index (χ0v) is 13.7. The quantitative estimate of drug-likeness (QED) is 0.746. The molecule has 0 saturated carbocycles. The van der Waals surface area contributed by atoms with Crippen molar-refractivity contribution in [2.75, 3.05) is 11.6 Å². The van der Waals surface area contributed by atoms with E-state index in [1.807, 2.05) is 60.2 Å². The number of para-hydroxylation sites is 1. The van der Waals surface area contributed by atoms with Gasteiger partial charge in [0.05, 0.1) is 6.20 Å². The number of hydrogen-bond donors (Lipinski definition) is 1. The van der Waals surface area contributed by atoms with E-state index in [0.29, 0.717) is 11.5 Å². The van der Waals surface area contributed by atoms with Crippen LogP contribution >= 0.6 is 11.8 Å². The molecule has 0 radical (unpaired) electrons. The maximum Gasteiger partial charge on any atom is 0.275 e. The van der Waals surface area contributed by atoms with Crippen LogP contribution in [0.15, 0.2) is 60.0 Å². The van der Waals surface area contributed by atoms with E-state index in [-0.39, 0.29) is 5.91 Å². The van der Waals surface area contributed by atoms with Crippen LogP contribution in [0.1, 0.15) is 16.1 Å². The van der Waals surface area contributed by atoms with Crippen LogP contribution in [0.4, 0.5) is 5.82 Å². The third-order valence-electron chi connectivity index (χ3n) is 3.32. The molecular weight excluding hydrogens is 308 g/mol. The molecule has 0 spiro atoms. The van der Waals surface area contributed by atoms with E-state index >= 15 is 0 Å². The number of pyridine rings is 1. The van der Waals surface area contributed by atoms with Gasteiger partial charge in [-0.2, -0.15) is 0 Å². The van der Waals surface area contributed by atoms with Gasteiger partial charge in [0.2, 0.25) is 0 Å². The summed E-state index contributed by atoms with van der Waals surface area (Å²) in [7, 11) is 0. The number of aryl methyl sites for hydroxylation is 1. The Hall–Kier alpha value is -2.60. The van der Waals surface area contributed by atoms with E-state index in [2.05, 4.69) is 15.3 Å². The molecule has 6 heteroatoms. The topological polar surface area (TPSA) is 59.8 Å². The van der Waals surface area contributed by atoms with Gasteiger partial charge in [-0.1, -0.05) is 30.0 Å². The van der Waals surface area contributed by atoms with Crippen LogP contribution in [0.25, 0.3) is 5.69 Å². The Bertz CT molecular complexity index is 830. The summed E-state index contributed by atoms with van der Waals surface area (Å²) in [6, 6.07) is 13.4. The van der Waals surface area contributed by atoms with Crippen molar-refractivity contribution in [3.05, 3.63) is 66.1 Å². The van der Waals surface area contributed by atoms with Crippen molar-refractivity contribution in [3.63, 3.8) is 0 Å². The molecule has 0 unspecified atom stereocenters. The third-order valence-corrected chi connectivity index (χ3v) is 3.97. The lowest BCUT2D eigenvalue weighted by atomic mass is 10.3. The van der Waals surface area contributed by atoms with Gasteiger partial charge in [-0.3, -0.25) is 9.36 Å². The van der Waals surface area contributed by atoms with Crippen molar-refractivity contribution in [1.29, 1.82) is 0 Å². The molecule has 116 valence electrons. The average Bonchev–Trinajstić information content (AvgIpc) is 3.00. The third kappa shape index (κ3) is 3.27. The molecule has 0 fully saturated rings. The maximum atomic E-state index is 12.6. The largest absolute Gasteiger partial charge is 0.305 e. The minimum Gasteiger partial charge on any atom is -0.305 e. The molecule has 1 aromatic carbocycles. The molecule has 3 aromatic rings. The van der Waals surface area contributed by atoms with Crippen molar-refractivity contribution in [2.45, 2.75) is 12.1 Å². The van der Waals surface area contributed by atoms with E-state index in [0.717, 1.165) is 16.4 Å². The Morgan fingerprint density at radius 2 is 1.96 bits per heavy atom. The minimum atomic E-state index is -0.236. The summed E-state index contributed by atoms with van der Waals surface area (Å²) < 4.78 is 1.84. The summed E-state index contributed by atoms with van der Waals surface area (Å²) in [5.41, 5.74) is 2.41. The molecule has 2 aromatic heterocycles. The monoisotopic (exact) mass is 324 g/mol. The number of nitrogens with one attached hydrogen (secondary N) is 1. The van der Waals surface area contributed by atoms with Crippen molar-refractivity contribution in [1.82, 2.24) is 14.5 Å². The molecule has 0 atom stereocenters. The lowest BCUT2D eigenvalue weighted by Gasteiger charge is -2.11. The number of amides is 1. The summed E-state index contributed by atoms with van der Waals surface area (Å²) in [5.74, 6) is 0.293. The predicted octanol–water partition coefficient (Wildman–Crippen LogP) is 3.55. The van der Waals surface area contributed by atoms with Gasteiger partial charge in [-0.25, -0.2) is 9.97 Å². The number of nitrogens with zero attached hydrogens (tertiary/aromatic N) is 3. The van der Waals surface area contributed by atoms with Crippen molar-refractivity contribution >= 4 is 23.5 Å². The summed E-state index contributed by atoms with van der Waals surface area (Å²) in [6.45, 7) is 1.96. The van der Waals surface area contributed by atoms with E-state index in [1.165, 1.54) is 11.8 Å². The first-order chi connectivity index (χ1) is 11.2. The molecule has 1 N–H and O–H groups in total. The first kappa shape index (κ1) is 15.3. The molecule has 0 aliphatic carbocycles. The minimum absolute atomic E-state index is 0.236. The van der Waals surface area contributed by atoms with Gasteiger partial charge in [0.25, 0.3) is 5.91 Å². The molecule has 3 rings (SSSR count). The van der Waals surface area contributed by atoms with Gasteiger partial charge >= 0.3 is 0 Å². The average molecular weight is 324 g/mol. The highest BCUT2D eigenvalue weighted by Crippen LogP contribution is 2.22. The maximum absolute atomic E-state index is 12.6. The van der Waals surface area contributed by atoms with Crippen molar-refractivity contribution in [2.24, 2.45) is 0 Å². The lowest BCUT2D eigenvalue weighted by molar-refractivity contribution is 0.101. The Balaban J connectivity index is 1.97. The highest BCUT2D eigenvalue weighted by molar-refractivity contribution is 7.98. The number of rotatable bonds is 4. The van der Waals surface area contributed by atoms with E-state index < -0.39 is 0 Å². The molecule has 23 heavy (non-hydrogen) atoms. The number of benzene rings is 1. The number of carbonyl (C=O) groups is 1. The number of carbonyl (C=O) groups excluding carboxylic acids is 1. The fourth-order valence-electron chi connectivity index (χ4n) is 2.25. The first-order valence-electron chi connectivity index (χ1n) is 7.10. The van der Waals surface area contributed by atoms with Crippen molar-refractivity contribution < 1.29 is 4.79 Å². The number of imidazole rings is 1. The van der Waals surface area contributed by atoms with Crippen LogP contribution in [0.5, 0.6) is 0 Å². The second-order valence-corrected chi connectivity index (χ2v) is 5.75. The van der Waals surface area contributed by atoms with E-state index in [4.69, 9.17) is 0 Å². The van der Waals surface area contributed by atoms with Crippen LogP contribution < -0.4 is 5.32 Å². The normalized spacial score (nSPS) is 10.5. The zero-order chi connectivity index (χ0) is 16.2. The smallest absolute Gasteiger partial charge is 0.275 e. The SMILES string of the molecule is CSc1ncc(C(=O)Nc2cc(C)ccn2)n1-c1ccccc1. The van der Waals surface area contributed by atoms with Crippen molar-refractivity contribution in [3.8, 4) is 5.69 Å². The van der Waals surface area contributed by atoms with Gasteiger partial charge in [0.1, 0.15) is 11.5 Å². The first-order valence-corrected chi connectivity index (χ1v) is 8.32. The molecule has 0 bridgehead atoms. The van der Waals surface area contributed by atoms with E-state index in [1.54, 1.807) is 12.4 Å². The van der Waals surface area contributed by atoms with Gasteiger partial charge in [0.15, 0.2) is 5.16 Å². The Kier molecular flexibility index (Phi) is 4.43. The van der Waals surface area contributed by atoms with Crippen LogP contribution in [-0.4, -0.2) is 26.7 Å². The second kappa shape index (κ2) is 6.66. The Labute approximate surface area is 138 Å². The molecule has 0 aliphatic heterocycles. The fourth-order valence-corrected chi connectivity index (χ4v) is 2.79. The summed E-state index contributed by atoms with van der Waals surface area (Å²) >= 11 is 1.49. The summed E-state index contributed by atoms with van der Waals surface area (Å²) in [6.07, 6.45) is 5.20. The molecule has 1 amide bonds.